The molecule has 2 rings (SSSR count). The fourth-order valence-electron chi connectivity index (χ4n) is 2.76. The molecule has 1 atom stereocenters. The van der Waals surface area contributed by atoms with E-state index in [4.69, 9.17) is 5.73 Å². The van der Waals surface area contributed by atoms with Crippen LogP contribution in [0.15, 0.2) is 35.9 Å². The molecule has 118 valence electrons. The molecule has 3 N–H and O–H groups in total. The number of nitrogens with one attached hydrogen (secondary N) is 1. The number of amides is 2. The minimum Gasteiger partial charge on any atom is -0.368 e. The first-order chi connectivity index (χ1) is 10.5. The van der Waals surface area contributed by atoms with E-state index >= 15 is 0 Å². The van der Waals surface area contributed by atoms with E-state index in [1.807, 2.05) is 38.1 Å². The van der Waals surface area contributed by atoms with Gasteiger partial charge in [-0.1, -0.05) is 17.7 Å². The van der Waals surface area contributed by atoms with E-state index in [0.717, 1.165) is 36.2 Å². The Morgan fingerprint density at radius 3 is 2.86 bits per heavy atom. The summed E-state index contributed by atoms with van der Waals surface area (Å²) in [6.07, 6.45) is 3.38. The van der Waals surface area contributed by atoms with Crippen LogP contribution in [0.5, 0.6) is 0 Å². The number of primary amides is 1. The lowest BCUT2D eigenvalue weighted by Gasteiger charge is -2.22. The van der Waals surface area contributed by atoms with Gasteiger partial charge in [0, 0.05) is 18.3 Å². The molecule has 0 spiro atoms. The van der Waals surface area contributed by atoms with Gasteiger partial charge in [-0.05, 0) is 50.9 Å². The summed E-state index contributed by atoms with van der Waals surface area (Å²) < 4.78 is 0. The maximum Gasteiger partial charge on any atom is 0.248 e. The molecule has 22 heavy (non-hydrogen) atoms. The lowest BCUT2D eigenvalue weighted by atomic mass is 10.1. The Labute approximate surface area is 131 Å². The van der Waals surface area contributed by atoms with Gasteiger partial charge in [0.05, 0.1) is 6.04 Å². The van der Waals surface area contributed by atoms with E-state index in [-0.39, 0.29) is 17.9 Å². The van der Waals surface area contributed by atoms with Gasteiger partial charge in [-0.15, -0.1) is 0 Å². The number of allylic oxidation sites excluding steroid dienone is 1. The summed E-state index contributed by atoms with van der Waals surface area (Å²) in [5.74, 6) is -0.390. The van der Waals surface area contributed by atoms with E-state index in [2.05, 4.69) is 10.2 Å². The van der Waals surface area contributed by atoms with Crippen molar-refractivity contribution in [1.82, 2.24) is 4.90 Å². The zero-order chi connectivity index (χ0) is 16.1. The number of rotatable bonds is 5. The first kappa shape index (κ1) is 16.2. The first-order valence-electron chi connectivity index (χ1n) is 7.54. The summed E-state index contributed by atoms with van der Waals surface area (Å²) in [6, 6.07) is 7.52. The van der Waals surface area contributed by atoms with Crippen LogP contribution < -0.4 is 11.1 Å². The number of carbonyl (C=O) groups excluding carboxylic acids is 2. The molecule has 1 heterocycles. The molecule has 0 saturated carbocycles. The van der Waals surface area contributed by atoms with Crippen molar-refractivity contribution >= 4 is 17.5 Å². The third-order valence-electron chi connectivity index (χ3n) is 3.69. The number of hydrogen-bond acceptors (Lipinski definition) is 3. The van der Waals surface area contributed by atoms with E-state index in [1.54, 1.807) is 6.08 Å². The van der Waals surface area contributed by atoms with Gasteiger partial charge < -0.3 is 11.1 Å². The van der Waals surface area contributed by atoms with Gasteiger partial charge in [0.15, 0.2) is 0 Å². The second kappa shape index (κ2) is 7.22. The number of hydrogen-bond donors (Lipinski definition) is 2. The summed E-state index contributed by atoms with van der Waals surface area (Å²) in [5.41, 5.74) is 8.21. The highest BCUT2D eigenvalue weighted by molar-refractivity contribution is 5.99. The van der Waals surface area contributed by atoms with Gasteiger partial charge in [-0.25, -0.2) is 0 Å². The minimum absolute atomic E-state index is 0.131. The van der Waals surface area contributed by atoms with Crippen LogP contribution in [0.4, 0.5) is 5.69 Å². The predicted octanol–water partition coefficient (Wildman–Crippen LogP) is 2.04. The van der Waals surface area contributed by atoms with Gasteiger partial charge >= 0.3 is 0 Å². The van der Waals surface area contributed by atoms with Crippen molar-refractivity contribution in [3.63, 3.8) is 0 Å². The van der Waals surface area contributed by atoms with E-state index in [1.165, 1.54) is 0 Å². The molecule has 5 heteroatoms. The second-order valence-corrected chi connectivity index (χ2v) is 5.94. The van der Waals surface area contributed by atoms with Gasteiger partial charge in [0.2, 0.25) is 11.8 Å². The summed E-state index contributed by atoms with van der Waals surface area (Å²) in [4.78, 5) is 25.3. The number of likely N-dealkylation sites (tertiary alicyclic amines) is 1. The SMILES string of the molecule is CC(C)=CC(=O)Nc1cccc(CN2CCC[C@H]2C(N)=O)c1. The summed E-state index contributed by atoms with van der Waals surface area (Å²) in [6.45, 7) is 5.31. The van der Waals surface area contributed by atoms with Crippen molar-refractivity contribution in [1.29, 1.82) is 0 Å². The average molecular weight is 301 g/mol. The molecule has 0 aromatic heterocycles. The van der Waals surface area contributed by atoms with Crippen LogP contribution in [-0.2, 0) is 16.1 Å². The van der Waals surface area contributed by atoms with Crippen molar-refractivity contribution in [3.8, 4) is 0 Å². The Morgan fingerprint density at radius 1 is 1.41 bits per heavy atom. The van der Waals surface area contributed by atoms with Crippen LogP contribution in [0.2, 0.25) is 0 Å². The number of carbonyl (C=O) groups is 2. The standard InChI is InChI=1S/C17H23N3O2/c1-12(2)9-16(21)19-14-6-3-5-13(10-14)11-20-8-4-7-15(20)17(18)22/h3,5-6,9-10,15H,4,7-8,11H2,1-2H3,(H2,18,22)(H,19,21)/t15-/m0/s1. The zero-order valence-electron chi connectivity index (χ0n) is 13.1. The normalized spacial score (nSPS) is 18.0. The Morgan fingerprint density at radius 2 is 2.18 bits per heavy atom. The van der Waals surface area contributed by atoms with Crippen LogP contribution in [-0.4, -0.2) is 29.3 Å². The second-order valence-electron chi connectivity index (χ2n) is 5.94. The van der Waals surface area contributed by atoms with Crippen LogP contribution in [0, 0.1) is 0 Å². The molecular formula is C17H23N3O2. The predicted molar refractivity (Wildman–Crippen MR) is 87.1 cm³/mol. The van der Waals surface area contributed by atoms with Gasteiger partial charge in [-0.3, -0.25) is 14.5 Å². The van der Waals surface area contributed by atoms with Gasteiger partial charge in [0.25, 0.3) is 0 Å². The highest BCUT2D eigenvalue weighted by Crippen LogP contribution is 2.21. The fraction of sp³-hybridized carbons (Fsp3) is 0.412. The Kier molecular flexibility index (Phi) is 5.33. The molecule has 5 nitrogen and oxygen atoms in total. The summed E-state index contributed by atoms with van der Waals surface area (Å²) >= 11 is 0. The van der Waals surface area contributed by atoms with Crippen molar-refractivity contribution in [3.05, 3.63) is 41.5 Å². The van der Waals surface area contributed by atoms with Crippen LogP contribution >= 0.6 is 0 Å². The third kappa shape index (κ3) is 4.43. The molecule has 0 aliphatic carbocycles. The Hall–Kier alpha value is -2.14. The van der Waals surface area contributed by atoms with Crippen LogP contribution in [0.25, 0.3) is 0 Å². The average Bonchev–Trinajstić information content (AvgIpc) is 2.86. The molecule has 1 saturated heterocycles. The van der Waals surface area contributed by atoms with Crippen LogP contribution in [0.3, 0.4) is 0 Å². The Balaban J connectivity index is 2.04. The molecule has 0 radical (unpaired) electrons. The molecule has 1 aromatic carbocycles. The van der Waals surface area contributed by atoms with Gasteiger partial charge in [-0.2, -0.15) is 0 Å². The first-order valence-corrected chi connectivity index (χ1v) is 7.54. The Bertz CT molecular complexity index is 591. The molecular weight excluding hydrogens is 278 g/mol. The number of anilines is 1. The quantitative estimate of drug-likeness (QED) is 0.817. The lowest BCUT2D eigenvalue weighted by molar-refractivity contribution is -0.122. The van der Waals surface area contributed by atoms with Gasteiger partial charge in [0.1, 0.15) is 0 Å². The van der Waals surface area contributed by atoms with E-state index in [9.17, 15) is 9.59 Å². The molecule has 1 aliphatic rings. The van der Waals surface area contributed by atoms with Crippen molar-refractivity contribution in [2.75, 3.05) is 11.9 Å². The van der Waals surface area contributed by atoms with E-state index in [0.29, 0.717) is 6.54 Å². The molecule has 1 aliphatic heterocycles. The van der Waals surface area contributed by atoms with Crippen molar-refractivity contribution in [2.24, 2.45) is 5.73 Å². The maximum absolute atomic E-state index is 11.8. The molecule has 0 unspecified atom stereocenters. The summed E-state index contributed by atoms with van der Waals surface area (Å²) in [5, 5.41) is 2.85. The molecule has 2 amide bonds. The number of benzene rings is 1. The topological polar surface area (TPSA) is 75.4 Å². The number of nitrogens with zero attached hydrogens (tertiary/aromatic N) is 1. The highest BCUT2D eigenvalue weighted by Gasteiger charge is 2.28. The highest BCUT2D eigenvalue weighted by atomic mass is 16.2. The zero-order valence-corrected chi connectivity index (χ0v) is 13.1. The van der Waals surface area contributed by atoms with E-state index < -0.39 is 0 Å². The fourth-order valence-corrected chi connectivity index (χ4v) is 2.76. The van der Waals surface area contributed by atoms with Crippen molar-refractivity contribution in [2.45, 2.75) is 39.3 Å². The molecule has 1 fully saturated rings. The smallest absolute Gasteiger partial charge is 0.248 e. The van der Waals surface area contributed by atoms with Crippen LogP contribution in [0.1, 0.15) is 32.3 Å². The monoisotopic (exact) mass is 301 g/mol. The molecule has 0 bridgehead atoms. The largest absolute Gasteiger partial charge is 0.368 e. The third-order valence-corrected chi connectivity index (χ3v) is 3.69. The summed E-state index contributed by atoms with van der Waals surface area (Å²) in [7, 11) is 0. The lowest BCUT2D eigenvalue weighted by Crippen LogP contribution is -2.39. The number of nitrogens with two attached hydrogens (primary N) is 1. The van der Waals surface area contributed by atoms with Crippen molar-refractivity contribution < 1.29 is 9.59 Å². The molecule has 1 aromatic rings. The minimum atomic E-state index is -0.259. The maximum atomic E-state index is 11.8.